The van der Waals surface area contributed by atoms with Gasteiger partial charge >= 0.3 is 5.97 Å². The van der Waals surface area contributed by atoms with Gasteiger partial charge in [-0.05, 0) is 38.5 Å². The Bertz CT molecular complexity index is 289. The molecule has 2 aliphatic rings. The van der Waals surface area contributed by atoms with Crippen molar-refractivity contribution in [1.29, 1.82) is 0 Å². The van der Waals surface area contributed by atoms with E-state index in [9.17, 15) is 9.90 Å². The van der Waals surface area contributed by atoms with Crippen LogP contribution in [-0.2, 0) is 9.53 Å². The average Bonchev–Trinajstić information content (AvgIpc) is 2.34. The number of rotatable bonds is 3. The van der Waals surface area contributed by atoms with Crippen LogP contribution in [-0.4, -0.2) is 40.5 Å². The minimum Gasteiger partial charge on any atom is -0.481 e. The molecule has 3 atom stereocenters. The first-order valence-electron chi connectivity index (χ1n) is 6.88. The van der Waals surface area contributed by atoms with Crippen molar-refractivity contribution in [3.63, 3.8) is 0 Å². The molecule has 0 aromatic heterocycles. The van der Waals surface area contributed by atoms with Gasteiger partial charge in [0.2, 0.25) is 0 Å². The zero-order valence-corrected chi connectivity index (χ0v) is 10.6. The smallest absolute Gasteiger partial charge is 0.306 e. The molecule has 18 heavy (non-hydrogen) atoms. The van der Waals surface area contributed by atoms with Crippen LogP contribution in [0.3, 0.4) is 0 Å². The molecule has 0 aromatic rings. The predicted octanol–water partition coefficient (Wildman–Crippen LogP) is 0.887. The molecule has 2 aliphatic carbocycles. The van der Waals surface area contributed by atoms with Crippen molar-refractivity contribution >= 4 is 5.97 Å². The molecule has 0 radical (unpaired) electrons. The zero-order chi connectivity index (χ0) is 13.1. The number of hydrogen-bond donors (Lipinski definition) is 3. The molecular formula is C13H23NO4. The van der Waals surface area contributed by atoms with Crippen molar-refractivity contribution in [1.82, 2.24) is 0 Å². The molecule has 5 nitrogen and oxygen atoms in total. The SMILES string of the molecule is NC1CCC(OC2CCC(C(=O)O)CC2)CC1O. The summed E-state index contributed by atoms with van der Waals surface area (Å²) >= 11 is 0. The number of aliphatic hydroxyl groups is 1. The second-order valence-corrected chi connectivity index (χ2v) is 5.61. The molecule has 0 aromatic carbocycles. The normalized spacial score (nSPS) is 41.6. The molecule has 2 fully saturated rings. The van der Waals surface area contributed by atoms with Gasteiger partial charge < -0.3 is 20.7 Å². The van der Waals surface area contributed by atoms with Crippen molar-refractivity contribution in [2.45, 2.75) is 69.3 Å². The molecule has 0 saturated heterocycles. The lowest BCUT2D eigenvalue weighted by molar-refractivity contribution is -0.144. The van der Waals surface area contributed by atoms with Crippen LogP contribution in [0, 0.1) is 5.92 Å². The lowest BCUT2D eigenvalue weighted by Gasteiger charge is -2.35. The first kappa shape index (κ1) is 13.8. The highest BCUT2D eigenvalue weighted by Crippen LogP contribution is 2.30. The zero-order valence-electron chi connectivity index (χ0n) is 10.6. The summed E-state index contributed by atoms with van der Waals surface area (Å²) in [5.41, 5.74) is 5.75. The van der Waals surface area contributed by atoms with Gasteiger partial charge in [0.05, 0.1) is 24.2 Å². The van der Waals surface area contributed by atoms with Crippen molar-refractivity contribution in [3.05, 3.63) is 0 Å². The maximum absolute atomic E-state index is 10.8. The van der Waals surface area contributed by atoms with Gasteiger partial charge in [-0.2, -0.15) is 0 Å². The van der Waals surface area contributed by atoms with E-state index < -0.39 is 12.1 Å². The first-order valence-corrected chi connectivity index (χ1v) is 6.88. The Kier molecular flexibility index (Phi) is 4.59. The van der Waals surface area contributed by atoms with Crippen LogP contribution >= 0.6 is 0 Å². The molecule has 0 spiro atoms. The fourth-order valence-electron chi connectivity index (χ4n) is 2.97. The number of aliphatic carboxylic acids is 1. The summed E-state index contributed by atoms with van der Waals surface area (Å²) in [7, 11) is 0. The number of carboxylic acids is 1. The molecular weight excluding hydrogens is 234 g/mol. The lowest BCUT2D eigenvalue weighted by atomic mass is 9.86. The van der Waals surface area contributed by atoms with Crippen LogP contribution in [0.4, 0.5) is 0 Å². The molecule has 0 amide bonds. The van der Waals surface area contributed by atoms with E-state index in [1.807, 2.05) is 0 Å². The Hall–Kier alpha value is -0.650. The summed E-state index contributed by atoms with van der Waals surface area (Å²) in [6.07, 6.45) is 5.14. The highest BCUT2D eigenvalue weighted by atomic mass is 16.5. The molecule has 5 heteroatoms. The van der Waals surface area contributed by atoms with Gasteiger partial charge in [-0.25, -0.2) is 0 Å². The molecule has 2 saturated carbocycles. The van der Waals surface area contributed by atoms with Crippen LogP contribution in [0.1, 0.15) is 44.9 Å². The van der Waals surface area contributed by atoms with Crippen molar-refractivity contribution in [3.8, 4) is 0 Å². The van der Waals surface area contributed by atoms with Gasteiger partial charge in [-0.15, -0.1) is 0 Å². The van der Waals surface area contributed by atoms with Crippen LogP contribution in [0.2, 0.25) is 0 Å². The Morgan fingerprint density at radius 1 is 1.06 bits per heavy atom. The summed E-state index contributed by atoms with van der Waals surface area (Å²) in [5.74, 6) is -0.886. The highest BCUT2D eigenvalue weighted by Gasteiger charge is 2.31. The Morgan fingerprint density at radius 2 is 1.67 bits per heavy atom. The highest BCUT2D eigenvalue weighted by molar-refractivity contribution is 5.70. The number of carboxylic acid groups (broad SMARTS) is 1. The van der Waals surface area contributed by atoms with E-state index in [1.54, 1.807) is 0 Å². The Balaban J connectivity index is 1.73. The van der Waals surface area contributed by atoms with Crippen LogP contribution < -0.4 is 5.73 Å². The fraction of sp³-hybridized carbons (Fsp3) is 0.923. The Morgan fingerprint density at radius 3 is 2.22 bits per heavy atom. The summed E-state index contributed by atoms with van der Waals surface area (Å²) in [6.45, 7) is 0. The van der Waals surface area contributed by atoms with E-state index in [-0.39, 0.29) is 24.2 Å². The van der Waals surface area contributed by atoms with Crippen LogP contribution in [0.25, 0.3) is 0 Å². The van der Waals surface area contributed by atoms with Crippen molar-refractivity contribution in [2.75, 3.05) is 0 Å². The van der Waals surface area contributed by atoms with E-state index in [0.29, 0.717) is 19.3 Å². The largest absolute Gasteiger partial charge is 0.481 e. The topological polar surface area (TPSA) is 92.8 Å². The van der Waals surface area contributed by atoms with Gasteiger partial charge in [0.25, 0.3) is 0 Å². The number of hydrogen-bond acceptors (Lipinski definition) is 4. The third-order valence-electron chi connectivity index (χ3n) is 4.23. The van der Waals surface area contributed by atoms with E-state index in [1.165, 1.54) is 0 Å². The van der Waals surface area contributed by atoms with Crippen molar-refractivity contribution < 1.29 is 19.7 Å². The van der Waals surface area contributed by atoms with Gasteiger partial charge in [-0.1, -0.05) is 0 Å². The van der Waals surface area contributed by atoms with E-state index in [2.05, 4.69) is 0 Å². The second-order valence-electron chi connectivity index (χ2n) is 5.61. The number of carbonyl (C=O) groups is 1. The summed E-state index contributed by atoms with van der Waals surface area (Å²) in [4.78, 5) is 10.8. The van der Waals surface area contributed by atoms with E-state index >= 15 is 0 Å². The standard InChI is InChI=1S/C13H23NO4/c14-11-6-5-10(7-12(11)15)18-9-3-1-8(2-4-9)13(16)17/h8-12,15H,1-7,14H2,(H,16,17). The molecule has 3 unspecified atom stereocenters. The van der Waals surface area contributed by atoms with Gasteiger partial charge in [0.15, 0.2) is 0 Å². The van der Waals surface area contributed by atoms with Gasteiger partial charge in [0.1, 0.15) is 0 Å². The number of ether oxygens (including phenoxy) is 1. The minimum atomic E-state index is -0.687. The van der Waals surface area contributed by atoms with E-state index in [4.69, 9.17) is 15.6 Å². The molecule has 0 aliphatic heterocycles. The minimum absolute atomic E-state index is 0.0891. The monoisotopic (exact) mass is 257 g/mol. The molecule has 0 heterocycles. The van der Waals surface area contributed by atoms with Crippen molar-refractivity contribution in [2.24, 2.45) is 11.7 Å². The maximum Gasteiger partial charge on any atom is 0.306 e. The quantitative estimate of drug-likeness (QED) is 0.698. The Labute approximate surface area is 107 Å². The van der Waals surface area contributed by atoms with Gasteiger partial charge in [0, 0.05) is 12.5 Å². The second kappa shape index (κ2) is 5.99. The average molecular weight is 257 g/mol. The third kappa shape index (κ3) is 3.43. The summed E-state index contributed by atoms with van der Waals surface area (Å²) in [5, 5.41) is 18.6. The summed E-state index contributed by atoms with van der Waals surface area (Å²) in [6, 6.07) is -0.118. The molecule has 104 valence electrons. The van der Waals surface area contributed by atoms with E-state index in [0.717, 1.165) is 25.7 Å². The fourth-order valence-corrected chi connectivity index (χ4v) is 2.97. The lowest BCUT2D eigenvalue weighted by Crippen LogP contribution is -2.43. The molecule has 0 bridgehead atoms. The number of nitrogens with two attached hydrogens (primary N) is 1. The van der Waals surface area contributed by atoms with Gasteiger partial charge in [-0.3, -0.25) is 4.79 Å². The van der Waals surface area contributed by atoms with Crippen LogP contribution in [0.5, 0.6) is 0 Å². The number of aliphatic hydroxyl groups excluding tert-OH is 1. The molecule has 4 N–H and O–H groups in total. The third-order valence-corrected chi connectivity index (χ3v) is 4.23. The first-order chi connectivity index (χ1) is 8.56. The maximum atomic E-state index is 10.8. The summed E-state index contributed by atoms with van der Waals surface area (Å²) < 4.78 is 5.97. The predicted molar refractivity (Wildman–Crippen MR) is 66.1 cm³/mol. The molecule has 2 rings (SSSR count). The van der Waals surface area contributed by atoms with Crippen LogP contribution in [0.15, 0.2) is 0 Å².